The molecule has 5 aromatic carbocycles. The highest BCUT2D eigenvalue weighted by molar-refractivity contribution is 6.32. The number of fused-ring (bicyclic) bond motifs is 16. The number of rotatable bonds is 23. The van der Waals surface area contributed by atoms with E-state index in [4.69, 9.17) is 85.0 Å². The highest BCUT2D eigenvalue weighted by Crippen LogP contribution is 2.50. The molecule has 43 heteroatoms. The Balaban J connectivity index is 1.12. The number of aliphatic hydroxyl groups is 9. The van der Waals surface area contributed by atoms with Crippen molar-refractivity contribution in [2.75, 3.05) is 20.2 Å². The van der Waals surface area contributed by atoms with Crippen molar-refractivity contribution in [3.05, 3.63) is 117 Å². The van der Waals surface area contributed by atoms with Crippen molar-refractivity contribution in [3.8, 4) is 57.1 Å². The van der Waals surface area contributed by atoms with Crippen LogP contribution in [-0.4, -0.2) is 244 Å². The standard InChI is InChI=1S/C80H102Cl2N12O29/c1-30(2)18-42(88-5)74(112)94-64-65(105)34-8-13-50(40(82)21-34)119-53-23-35-22-52(69(53)123-79-70(68(108)67(107)54(29-95)121-79)122-58-28-80(4,87)71(109)31(3)117-58)118-49-12-7-32(20-39(49)81)47(100)27-56(103)91-63(76(114)89-17-16-46(99)45(98)11-15-57(104)120-51-14-9-41(83)66(106)60(51)72(85)110)38-24-36(96)25-48(101)59(38)37-19-33(6-10-44(37)97)61(73(86)111)92-77(115)62(35)93-75(113)43(26-55(84)102)90-78(64)116/h6-8,10,12-13,19-25,30-31,41-43,45-47,51,54,58,60-68,70-71,79,88,95-101,105-109H,9,11,14-18,26-29,83,87H2,1-5H3,(H2,84,102)(H2,85,110)(H2,86,111)(H,89,114)(H,90,116)(H,91,103)(H,92,115)(H,93,113)(H,94,112)/t31-,41?,42-,43+,45?,46?,47+,51?,54+,58-,60?,61-,62-,63?,64-,65-,66?,67-,68+,70+,71-,79?,80+/m0/s1. The van der Waals surface area contributed by atoms with Crippen LogP contribution in [0.5, 0.6) is 46.0 Å². The number of likely N-dealkylation sites (N-methyl/N-ethyl adjacent to an activating group) is 1. The summed E-state index contributed by atoms with van der Waals surface area (Å²) in [5.41, 5.74) is 25.4. The summed E-state index contributed by atoms with van der Waals surface area (Å²) in [6, 6.07) is 0.542. The quantitative estimate of drug-likeness (QED) is 0.0312. The van der Waals surface area contributed by atoms with E-state index in [0.717, 1.165) is 66.7 Å². The van der Waals surface area contributed by atoms with E-state index in [-0.39, 0.29) is 48.5 Å². The second-order valence-electron chi connectivity index (χ2n) is 31.6. The fourth-order valence-electron chi connectivity index (χ4n) is 15.1. The summed E-state index contributed by atoms with van der Waals surface area (Å²) < 4.78 is 43.9. The van der Waals surface area contributed by atoms with Crippen LogP contribution < -0.4 is 80.1 Å². The molecule has 41 nitrogen and oxygen atoms in total. The number of carbonyl (C=O) groups is 10. The average Bonchev–Trinajstić information content (AvgIpc) is 0.765. The molecule has 9 bridgehead atoms. The molecular formula is C80H102Cl2N12O29. The van der Waals surface area contributed by atoms with Gasteiger partial charge in [-0.3, -0.25) is 47.9 Å². The van der Waals surface area contributed by atoms with Crippen molar-refractivity contribution in [2.24, 2.45) is 40.5 Å². The number of phenols is 3. The topological polar surface area (TPSA) is 692 Å². The molecule has 3 fully saturated rings. The lowest BCUT2D eigenvalue weighted by molar-refractivity contribution is -0.333. The average molecular weight is 1770 g/mol. The minimum absolute atomic E-state index is 0.0760. The summed E-state index contributed by atoms with van der Waals surface area (Å²) in [6.07, 6.45) is -26.9. The van der Waals surface area contributed by atoms with Gasteiger partial charge in [0.05, 0.1) is 72.2 Å². The van der Waals surface area contributed by atoms with Crippen LogP contribution in [0.2, 0.25) is 10.0 Å². The first kappa shape index (κ1) is 94.8. The van der Waals surface area contributed by atoms with Crippen molar-refractivity contribution in [1.29, 1.82) is 0 Å². The zero-order valence-electron chi connectivity index (χ0n) is 67.0. The molecule has 29 N–H and O–H groups in total. The number of aromatic hydroxyl groups is 3. The molecule has 7 aliphatic rings. The Morgan fingerprint density at radius 2 is 1.35 bits per heavy atom. The molecule has 670 valence electrons. The number of esters is 1. The number of benzene rings is 5. The van der Waals surface area contributed by atoms with Gasteiger partial charge in [-0.25, -0.2) is 0 Å². The van der Waals surface area contributed by atoms with Gasteiger partial charge in [0.15, 0.2) is 23.9 Å². The minimum Gasteiger partial charge on any atom is -0.508 e. The molecule has 0 aromatic heterocycles. The van der Waals surface area contributed by atoms with Crippen LogP contribution in [0.4, 0.5) is 0 Å². The van der Waals surface area contributed by atoms with Gasteiger partial charge < -0.3 is 160 Å². The number of nitrogens with one attached hydrogen (secondary N) is 7. The van der Waals surface area contributed by atoms with Crippen LogP contribution in [0.25, 0.3) is 11.1 Å². The number of hydrogen-bond acceptors (Lipinski definition) is 32. The fraction of sp³-hybridized carbons (Fsp3) is 0.500. The van der Waals surface area contributed by atoms with Crippen molar-refractivity contribution in [2.45, 2.75) is 219 Å². The Morgan fingerprint density at radius 1 is 0.707 bits per heavy atom. The Hall–Kier alpha value is -10.4. The minimum atomic E-state index is -2.39. The Bertz CT molecular complexity index is 4760. The lowest BCUT2D eigenvalue weighted by atomic mass is 9.80. The van der Waals surface area contributed by atoms with Crippen molar-refractivity contribution in [1.82, 2.24) is 37.2 Å². The first-order valence-corrected chi connectivity index (χ1v) is 40.0. The van der Waals surface area contributed by atoms with Crippen LogP contribution in [0.15, 0.2) is 78.9 Å². The molecule has 6 heterocycles. The number of primary amides is 3. The van der Waals surface area contributed by atoms with Crippen LogP contribution in [0, 0.1) is 11.8 Å². The van der Waals surface area contributed by atoms with E-state index in [1.165, 1.54) is 33.0 Å². The third-order valence-electron chi connectivity index (χ3n) is 21.8. The maximum absolute atomic E-state index is 16.0. The van der Waals surface area contributed by atoms with Crippen molar-refractivity contribution >= 4 is 82.3 Å². The lowest BCUT2D eigenvalue weighted by Crippen LogP contribution is -2.64. The molecule has 5 aromatic rings. The summed E-state index contributed by atoms with van der Waals surface area (Å²) in [7, 11) is 1.46. The first-order valence-electron chi connectivity index (χ1n) is 39.2. The van der Waals surface area contributed by atoms with E-state index in [9.17, 15) is 99.6 Å². The summed E-state index contributed by atoms with van der Waals surface area (Å²) in [4.78, 5) is 143. The number of carbonyl (C=O) groups excluding carboxylic acids is 10. The Labute approximate surface area is 712 Å². The Kier molecular flexibility index (Phi) is 31.2. The predicted octanol–water partition coefficient (Wildman–Crippen LogP) is -2.10. The normalized spacial score (nSPS) is 29.0. The number of aliphatic hydroxyl groups excluding tert-OH is 9. The van der Waals surface area contributed by atoms with Crippen molar-refractivity contribution in [3.63, 3.8) is 0 Å². The van der Waals surface area contributed by atoms with Gasteiger partial charge in [-0.15, -0.1) is 0 Å². The number of halogens is 2. The highest BCUT2D eigenvalue weighted by atomic mass is 35.5. The number of ether oxygens (including phenoxy) is 7. The van der Waals surface area contributed by atoms with Gasteiger partial charge in [0.25, 0.3) is 0 Å². The highest BCUT2D eigenvalue weighted by Gasteiger charge is 2.52. The third kappa shape index (κ3) is 22.6. The van der Waals surface area contributed by atoms with Crippen LogP contribution in [-0.2, 0) is 66.9 Å². The zero-order valence-corrected chi connectivity index (χ0v) is 68.5. The number of hydrogen-bond donors (Lipinski definition) is 24. The molecule has 123 heavy (non-hydrogen) atoms. The maximum atomic E-state index is 16.0. The summed E-state index contributed by atoms with van der Waals surface area (Å²) in [5, 5.41) is 154. The summed E-state index contributed by atoms with van der Waals surface area (Å²) >= 11 is 14.2. The van der Waals surface area contributed by atoms with E-state index >= 15 is 9.59 Å². The van der Waals surface area contributed by atoms with E-state index in [1.807, 2.05) is 0 Å². The number of phenolic OH excluding ortho intramolecular Hbond substituents is 3. The van der Waals surface area contributed by atoms with Gasteiger partial charge in [-0.05, 0) is 141 Å². The molecule has 9 amide bonds. The summed E-state index contributed by atoms with van der Waals surface area (Å²) in [5.74, 6) is -19.0. The Morgan fingerprint density at radius 3 is 1.96 bits per heavy atom. The fourth-order valence-corrected chi connectivity index (χ4v) is 15.6. The van der Waals surface area contributed by atoms with Crippen molar-refractivity contribution < 1.29 is 142 Å². The molecule has 1 saturated carbocycles. The lowest BCUT2D eigenvalue weighted by Gasteiger charge is -2.47. The van der Waals surface area contributed by atoms with Crippen LogP contribution >= 0.6 is 23.2 Å². The van der Waals surface area contributed by atoms with Gasteiger partial charge in [0.2, 0.25) is 65.2 Å². The zero-order chi connectivity index (χ0) is 90.2. The predicted molar refractivity (Wildman–Crippen MR) is 428 cm³/mol. The first-order chi connectivity index (χ1) is 58.0. The number of amides is 9. The smallest absolute Gasteiger partial charge is 0.306 e. The molecule has 0 radical (unpaired) electrons. The molecule has 12 rings (SSSR count). The van der Waals surface area contributed by atoms with E-state index in [2.05, 4.69) is 37.2 Å². The molecule has 0 spiro atoms. The molecule has 6 aliphatic heterocycles. The third-order valence-corrected chi connectivity index (χ3v) is 22.4. The van der Waals surface area contributed by atoms with E-state index in [0.29, 0.717) is 0 Å². The van der Waals surface area contributed by atoms with E-state index in [1.54, 1.807) is 13.8 Å². The molecular weight excluding hydrogens is 1660 g/mol. The molecule has 8 unspecified atom stereocenters. The van der Waals surface area contributed by atoms with Gasteiger partial charge in [-0.2, -0.15) is 0 Å². The second-order valence-corrected chi connectivity index (χ2v) is 32.4. The summed E-state index contributed by atoms with van der Waals surface area (Å²) in [6.45, 7) is 5.00. The molecule has 1 aliphatic carbocycles. The largest absolute Gasteiger partial charge is 0.508 e. The SMILES string of the molecule is CN[C@@H](CC(C)C)C(=O)N[C@@H]1C(=O)N[C@H](CC(N)=O)C(=O)N[C@@H]2C(=O)N[C@H](C(N)=O)c3ccc(O)c(c3)-c3c(O)cc(O)cc3C(C(=O)NCCC(O)C(O)CCC(=O)OC3CCC(N)C(O)C3C(N)=O)NC(=O)C[C@@H](O)c3ccc(c(Cl)c3)Oc3cc2cc(c3OC2O[C@H](CO)[C@H](O)[C@@H](O)[C@H]2O[C@H]2C[C@@](C)(N)[C@@H](O)[C@H](C)O2)Oc2ccc(cc2Cl)[C@@H]1O. The van der Waals surface area contributed by atoms with E-state index < -0.39 is 322 Å². The van der Waals surface area contributed by atoms with Crippen LogP contribution in [0.1, 0.15) is 144 Å². The maximum Gasteiger partial charge on any atom is 0.306 e. The van der Waals surface area contributed by atoms with Gasteiger partial charge in [-0.1, -0.05) is 55.2 Å². The second kappa shape index (κ2) is 40.5. The van der Waals surface area contributed by atoms with Gasteiger partial charge >= 0.3 is 5.97 Å². The number of nitrogens with two attached hydrogens (primary N) is 5. The van der Waals surface area contributed by atoms with Gasteiger partial charge in [0.1, 0.15) is 95.4 Å². The molecule has 23 atom stereocenters. The monoisotopic (exact) mass is 1760 g/mol. The van der Waals surface area contributed by atoms with Gasteiger partial charge in [0, 0.05) is 48.2 Å². The van der Waals surface area contributed by atoms with Crippen LogP contribution in [0.3, 0.4) is 0 Å². The molecule has 2 saturated heterocycles.